The molecule has 0 saturated carbocycles. The first-order valence-corrected chi connectivity index (χ1v) is 7.83. The normalized spacial score (nSPS) is 15.6. The van der Waals surface area contributed by atoms with E-state index >= 15 is 0 Å². The van der Waals surface area contributed by atoms with Crippen LogP contribution in [0.15, 0.2) is 53.9 Å². The van der Waals surface area contributed by atoms with Gasteiger partial charge in [0.15, 0.2) is 0 Å². The molecule has 0 N–H and O–H groups in total. The van der Waals surface area contributed by atoms with Gasteiger partial charge in [0.2, 0.25) is 0 Å². The van der Waals surface area contributed by atoms with Gasteiger partial charge in [0, 0.05) is 50.1 Å². The molecule has 0 aliphatic carbocycles. The molecule has 0 spiro atoms. The lowest BCUT2D eigenvalue weighted by Crippen LogP contribution is -2.43. The molecule has 4 nitrogen and oxygen atoms in total. The van der Waals surface area contributed by atoms with Crippen molar-refractivity contribution in [1.82, 2.24) is 14.9 Å². The Morgan fingerprint density at radius 3 is 2.30 bits per heavy atom. The molecule has 1 aromatic heterocycles. The van der Waals surface area contributed by atoms with E-state index in [1.807, 2.05) is 30.5 Å². The lowest BCUT2D eigenvalue weighted by molar-refractivity contribution is 0.131. The van der Waals surface area contributed by atoms with Gasteiger partial charge in [0.1, 0.15) is 0 Å². The van der Waals surface area contributed by atoms with Crippen LogP contribution in [0.1, 0.15) is 11.1 Å². The maximum atomic E-state index is 5.92. The van der Waals surface area contributed by atoms with Crippen LogP contribution in [-0.2, 0) is 6.54 Å². The number of pyridine rings is 1. The Labute approximate surface area is 148 Å². The van der Waals surface area contributed by atoms with Crippen LogP contribution in [0.2, 0.25) is 5.02 Å². The van der Waals surface area contributed by atoms with E-state index in [-0.39, 0.29) is 12.4 Å². The molecule has 6 heteroatoms. The van der Waals surface area contributed by atoms with Crippen LogP contribution in [0.5, 0.6) is 0 Å². The molecule has 1 aliphatic rings. The molecule has 122 valence electrons. The van der Waals surface area contributed by atoms with Gasteiger partial charge >= 0.3 is 0 Å². The zero-order valence-corrected chi connectivity index (χ0v) is 14.4. The van der Waals surface area contributed by atoms with Gasteiger partial charge in [0.25, 0.3) is 0 Å². The highest BCUT2D eigenvalue weighted by Gasteiger charge is 2.15. The van der Waals surface area contributed by atoms with Crippen LogP contribution >= 0.6 is 24.0 Å². The van der Waals surface area contributed by atoms with Gasteiger partial charge in [0.05, 0.1) is 6.21 Å². The van der Waals surface area contributed by atoms with Crippen LogP contribution in [0, 0.1) is 0 Å². The zero-order valence-electron chi connectivity index (χ0n) is 12.8. The Bertz CT molecular complexity index is 608. The van der Waals surface area contributed by atoms with E-state index in [4.69, 9.17) is 11.6 Å². The Hall–Kier alpha value is -1.62. The number of hydrazone groups is 1. The second-order valence-corrected chi connectivity index (χ2v) is 5.82. The highest BCUT2D eigenvalue weighted by molar-refractivity contribution is 6.30. The topological polar surface area (TPSA) is 31.7 Å². The maximum Gasteiger partial charge on any atom is 0.0544 e. The standard InChI is InChI=1S/C17H19ClN4.ClH/c18-17-3-1-16(2-4-17)14-21-9-11-22(12-10-21)20-13-15-5-7-19-8-6-15;/h1-8,13H,9-12,14H2;1H. The lowest BCUT2D eigenvalue weighted by atomic mass is 10.2. The third-order valence-corrected chi connectivity index (χ3v) is 4.00. The summed E-state index contributed by atoms with van der Waals surface area (Å²) < 4.78 is 0. The number of piperazine rings is 1. The van der Waals surface area contributed by atoms with E-state index in [2.05, 4.69) is 32.1 Å². The second-order valence-electron chi connectivity index (χ2n) is 5.38. The van der Waals surface area contributed by atoms with Crippen LogP contribution < -0.4 is 0 Å². The third kappa shape index (κ3) is 5.50. The third-order valence-electron chi connectivity index (χ3n) is 3.74. The van der Waals surface area contributed by atoms with Crippen molar-refractivity contribution in [2.24, 2.45) is 5.10 Å². The number of aromatic nitrogens is 1. The monoisotopic (exact) mass is 350 g/mol. The molecule has 1 saturated heterocycles. The number of hydrogen-bond donors (Lipinski definition) is 0. The van der Waals surface area contributed by atoms with E-state index in [0.29, 0.717) is 0 Å². The van der Waals surface area contributed by atoms with Crippen LogP contribution in [0.3, 0.4) is 0 Å². The van der Waals surface area contributed by atoms with Gasteiger partial charge in [-0.2, -0.15) is 5.10 Å². The summed E-state index contributed by atoms with van der Waals surface area (Å²) >= 11 is 5.92. The highest BCUT2D eigenvalue weighted by atomic mass is 35.5. The molecule has 23 heavy (non-hydrogen) atoms. The van der Waals surface area contributed by atoms with Crippen LogP contribution in [-0.4, -0.2) is 47.3 Å². The van der Waals surface area contributed by atoms with Crippen molar-refractivity contribution in [3.8, 4) is 0 Å². The molecule has 3 rings (SSSR count). The van der Waals surface area contributed by atoms with Crippen molar-refractivity contribution in [1.29, 1.82) is 0 Å². The predicted molar refractivity (Wildman–Crippen MR) is 97.4 cm³/mol. The number of nitrogens with zero attached hydrogens (tertiary/aromatic N) is 4. The maximum absolute atomic E-state index is 5.92. The van der Waals surface area contributed by atoms with Crippen molar-refractivity contribution in [2.45, 2.75) is 6.54 Å². The first kappa shape index (κ1) is 17.7. The molecule has 0 unspecified atom stereocenters. The first-order chi connectivity index (χ1) is 10.8. The smallest absolute Gasteiger partial charge is 0.0544 e. The summed E-state index contributed by atoms with van der Waals surface area (Å²) in [6.45, 7) is 4.93. The molecule has 1 fully saturated rings. The van der Waals surface area contributed by atoms with Gasteiger partial charge in [-0.05, 0) is 35.4 Å². The first-order valence-electron chi connectivity index (χ1n) is 7.45. The molecular weight excluding hydrogens is 331 g/mol. The molecule has 0 radical (unpaired) electrons. The van der Waals surface area contributed by atoms with Crippen molar-refractivity contribution in [2.75, 3.05) is 26.2 Å². The minimum atomic E-state index is 0. The summed E-state index contributed by atoms with van der Waals surface area (Å²) in [7, 11) is 0. The van der Waals surface area contributed by atoms with Crippen molar-refractivity contribution < 1.29 is 0 Å². The minimum Gasteiger partial charge on any atom is -0.295 e. The Morgan fingerprint density at radius 1 is 1.00 bits per heavy atom. The van der Waals surface area contributed by atoms with E-state index < -0.39 is 0 Å². The van der Waals surface area contributed by atoms with Gasteiger partial charge in [-0.15, -0.1) is 12.4 Å². The van der Waals surface area contributed by atoms with Crippen molar-refractivity contribution in [3.63, 3.8) is 0 Å². The lowest BCUT2D eigenvalue weighted by Gasteiger charge is -2.33. The molecule has 0 atom stereocenters. The number of rotatable bonds is 4. The summed E-state index contributed by atoms with van der Waals surface area (Å²) in [5.74, 6) is 0. The Morgan fingerprint density at radius 2 is 1.65 bits per heavy atom. The van der Waals surface area contributed by atoms with Gasteiger partial charge in [-0.25, -0.2) is 0 Å². The Balaban J connectivity index is 0.00000192. The van der Waals surface area contributed by atoms with Crippen LogP contribution in [0.4, 0.5) is 0 Å². The van der Waals surface area contributed by atoms with E-state index in [1.165, 1.54) is 5.56 Å². The average molecular weight is 351 g/mol. The predicted octanol–water partition coefficient (Wildman–Crippen LogP) is 3.31. The SMILES string of the molecule is Cl.Clc1ccc(CN2CCN(N=Cc3ccncc3)CC2)cc1. The number of benzene rings is 1. The van der Waals surface area contributed by atoms with Gasteiger partial charge in [-0.3, -0.25) is 14.9 Å². The molecule has 0 bridgehead atoms. The van der Waals surface area contributed by atoms with Gasteiger partial charge < -0.3 is 0 Å². The molecule has 1 aliphatic heterocycles. The number of halogens is 2. The largest absolute Gasteiger partial charge is 0.295 e. The molecule has 1 aromatic carbocycles. The van der Waals surface area contributed by atoms with Crippen LogP contribution in [0.25, 0.3) is 0 Å². The fourth-order valence-corrected chi connectivity index (χ4v) is 2.58. The molecule has 2 heterocycles. The molecule has 0 amide bonds. The second kappa shape index (κ2) is 8.87. The van der Waals surface area contributed by atoms with Gasteiger partial charge in [-0.1, -0.05) is 23.7 Å². The summed E-state index contributed by atoms with van der Waals surface area (Å²) in [6, 6.07) is 12.0. The van der Waals surface area contributed by atoms with E-state index in [9.17, 15) is 0 Å². The summed E-state index contributed by atoms with van der Waals surface area (Å²) in [5, 5.41) is 7.46. The van der Waals surface area contributed by atoms with Crippen molar-refractivity contribution in [3.05, 3.63) is 64.9 Å². The zero-order chi connectivity index (χ0) is 15.2. The summed E-state index contributed by atoms with van der Waals surface area (Å²) in [4.78, 5) is 6.45. The fourth-order valence-electron chi connectivity index (χ4n) is 2.46. The quantitative estimate of drug-likeness (QED) is 0.792. The highest BCUT2D eigenvalue weighted by Crippen LogP contribution is 2.13. The van der Waals surface area contributed by atoms with Crippen molar-refractivity contribution >= 4 is 30.2 Å². The Kier molecular flexibility index (Phi) is 6.84. The number of hydrogen-bond acceptors (Lipinski definition) is 4. The molecular formula is C17H20Cl2N4. The fraction of sp³-hybridized carbons (Fsp3) is 0.294. The molecule has 2 aromatic rings. The van der Waals surface area contributed by atoms with E-state index in [0.717, 1.165) is 43.3 Å². The summed E-state index contributed by atoms with van der Waals surface area (Å²) in [6.07, 6.45) is 5.47. The average Bonchev–Trinajstić information content (AvgIpc) is 2.57. The van der Waals surface area contributed by atoms with E-state index in [1.54, 1.807) is 12.4 Å². The minimum absolute atomic E-state index is 0. The summed E-state index contributed by atoms with van der Waals surface area (Å²) in [5.41, 5.74) is 2.39.